The van der Waals surface area contributed by atoms with E-state index in [0.717, 1.165) is 29.2 Å². The van der Waals surface area contributed by atoms with E-state index in [9.17, 15) is 9.00 Å². The van der Waals surface area contributed by atoms with E-state index in [0.29, 0.717) is 30.4 Å². The lowest BCUT2D eigenvalue weighted by Crippen LogP contribution is -2.25. The van der Waals surface area contributed by atoms with Gasteiger partial charge in [-0.15, -0.1) is 0 Å². The van der Waals surface area contributed by atoms with Gasteiger partial charge >= 0.3 is 0 Å². The molecular formula is C24H25NO4S. The Hall–Kier alpha value is -2.70. The maximum Gasteiger partial charge on any atom is 0.262 e. The van der Waals surface area contributed by atoms with Gasteiger partial charge in [0, 0.05) is 40.7 Å². The smallest absolute Gasteiger partial charge is 0.262 e. The van der Waals surface area contributed by atoms with E-state index in [1.165, 1.54) is 0 Å². The standard InChI is InChI=1S/C24H25NO4S/c26-24(16-29-22-9-8-19-5-1-2-6-20(19)15-22)25-21-7-3-4-18(14-21)17-30(27)23-10-12-28-13-11-23/h1-9,14-15,23H,10-13,16-17H2,(H,25,26). The number of carbonyl (C=O) groups excluding carboxylic acids is 1. The lowest BCUT2D eigenvalue weighted by molar-refractivity contribution is -0.118. The van der Waals surface area contributed by atoms with Gasteiger partial charge in [0.15, 0.2) is 6.61 Å². The molecule has 0 spiro atoms. The third kappa shape index (κ3) is 5.46. The molecule has 4 rings (SSSR count). The average Bonchev–Trinajstić information content (AvgIpc) is 2.78. The van der Waals surface area contributed by atoms with Crippen molar-refractivity contribution in [1.82, 2.24) is 0 Å². The third-order valence-corrected chi connectivity index (χ3v) is 6.98. The van der Waals surface area contributed by atoms with Crippen molar-refractivity contribution < 1.29 is 18.5 Å². The van der Waals surface area contributed by atoms with Crippen molar-refractivity contribution in [2.24, 2.45) is 0 Å². The first-order valence-corrected chi connectivity index (χ1v) is 11.5. The first kappa shape index (κ1) is 20.6. The molecule has 1 atom stereocenters. The van der Waals surface area contributed by atoms with Crippen LogP contribution in [-0.2, 0) is 26.1 Å². The van der Waals surface area contributed by atoms with Crippen LogP contribution in [0.4, 0.5) is 5.69 Å². The van der Waals surface area contributed by atoms with Gasteiger partial charge in [-0.2, -0.15) is 0 Å². The van der Waals surface area contributed by atoms with Crippen molar-refractivity contribution in [3.63, 3.8) is 0 Å². The van der Waals surface area contributed by atoms with Gasteiger partial charge < -0.3 is 14.8 Å². The number of benzene rings is 3. The number of anilines is 1. The molecule has 1 fully saturated rings. The molecule has 1 N–H and O–H groups in total. The zero-order valence-electron chi connectivity index (χ0n) is 16.7. The van der Waals surface area contributed by atoms with E-state index < -0.39 is 10.8 Å². The highest BCUT2D eigenvalue weighted by Gasteiger charge is 2.20. The van der Waals surface area contributed by atoms with Crippen molar-refractivity contribution in [2.45, 2.75) is 23.8 Å². The van der Waals surface area contributed by atoms with Crippen molar-refractivity contribution in [1.29, 1.82) is 0 Å². The largest absolute Gasteiger partial charge is 0.484 e. The van der Waals surface area contributed by atoms with E-state index in [-0.39, 0.29) is 17.8 Å². The highest BCUT2D eigenvalue weighted by Crippen LogP contribution is 2.21. The van der Waals surface area contributed by atoms with Crippen LogP contribution in [0.2, 0.25) is 0 Å². The van der Waals surface area contributed by atoms with Crippen LogP contribution in [-0.4, -0.2) is 35.2 Å². The van der Waals surface area contributed by atoms with Crippen LogP contribution in [0.5, 0.6) is 5.75 Å². The summed E-state index contributed by atoms with van der Waals surface area (Å²) < 4.78 is 23.6. The normalized spacial score (nSPS) is 15.6. The molecule has 1 saturated heterocycles. The van der Waals surface area contributed by atoms with E-state index in [2.05, 4.69) is 5.32 Å². The number of hydrogen-bond acceptors (Lipinski definition) is 4. The maximum absolute atomic E-state index is 12.6. The van der Waals surface area contributed by atoms with Gasteiger partial charge in [-0.3, -0.25) is 9.00 Å². The number of fused-ring (bicyclic) bond motifs is 1. The Bertz CT molecular complexity index is 1050. The van der Waals surface area contributed by atoms with Crippen LogP contribution in [0.1, 0.15) is 18.4 Å². The SMILES string of the molecule is O=C(COc1ccc2ccccc2c1)Nc1cccc(CS(=O)C2CCOCC2)c1. The highest BCUT2D eigenvalue weighted by atomic mass is 32.2. The second-order valence-corrected chi connectivity index (χ2v) is 9.10. The molecule has 156 valence electrons. The Labute approximate surface area is 178 Å². The number of rotatable bonds is 7. The summed E-state index contributed by atoms with van der Waals surface area (Å²) in [5, 5.41) is 5.25. The quantitative estimate of drug-likeness (QED) is 0.616. The molecule has 3 aromatic carbocycles. The molecule has 1 amide bonds. The van der Waals surface area contributed by atoms with E-state index in [4.69, 9.17) is 9.47 Å². The zero-order chi connectivity index (χ0) is 20.8. The van der Waals surface area contributed by atoms with Crippen molar-refractivity contribution >= 4 is 33.2 Å². The molecule has 0 saturated carbocycles. The van der Waals surface area contributed by atoms with Crippen LogP contribution >= 0.6 is 0 Å². The fraction of sp³-hybridized carbons (Fsp3) is 0.292. The molecule has 0 aromatic heterocycles. The van der Waals surface area contributed by atoms with Crippen molar-refractivity contribution in [3.05, 3.63) is 72.3 Å². The number of carbonyl (C=O) groups is 1. The summed E-state index contributed by atoms with van der Waals surface area (Å²) in [5.74, 6) is 0.914. The number of ether oxygens (including phenoxy) is 2. The molecule has 0 bridgehead atoms. The Morgan fingerprint density at radius 3 is 2.63 bits per heavy atom. The van der Waals surface area contributed by atoms with Crippen LogP contribution in [0.15, 0.2) is 66.7 Å². The Balaban J connectivity index is 1.31. The molecular weight excluding hydrogens is 398 g/mol. The van der Waals surface area contributed by atoms with Crippen molar-refractivity contribution in [3.8, 4) is 5.75 Å². The molecule has 3 aromatic rings. The summed E-state index contributed by atoms with van der Waals surface area (Å²) in [7, 11) is -0.936. The Morgan fingerprint density at radius 1 is 1.00 bits per heavy atom. The predicted octanol–water partition coefficient (Wildman–Crippen LogP) is 4.29. The van der Waals surface area contributed by atoms with Gasteiger partial charge in [-0.1, -0.05) is 42.5 Å². The Morgan fingerprint density at radius 2 is 1.80 bits per heavy atom. The molecule has 0 aliphatic carbocycles. The topological polar surface area (TPSA) is 64.6 Å². The lowest BCUT2D eigenvalue weighted by Gasteiger charge is -2.21. The van der Waals surface area contributed by atoms with E-state index in [1.54, 1.807) is 0 Å². The minimum Gasteiger partial charge on any atom is -0.484 e. The summed E-state index contributed by atoms with van der Waals surface area (Å²) in [5.41, 5.74) is 1.64. The van der Waals surface area contributed by atoms with Gasteiger partial charge in [-0.05, 0) is 53.4 Å². The third-order valence-electron chi connectivity index (χ3n) is 5.15. The molecule has 0 radical (unpaired) electrons. The molecule has 6 heteroatoms. The summed E-state index contributed by atoms with van der Waals surface area (Å²) in [4.78, 5) is 12.3. The van der Waals surface area contributed by atoms with Crippen LogP contribution < -0.4 is 10.1 Å². The monoisotopic (exact) mass is 423 g/mol. The van der Waals surface area contributed by atoms with E-state index >= 15 is 0 Å². The first-order valence-electron chi connectivity index (χ1n) is 10.1. The fourth-order valence-electron chi connectivity index (χ4n) is 3.56. The molecule has 30 heavy (non-hydrogen) atoms. The number of hydrogen-bond donors (Lipinski definition) is 1. The summed E-state index contributed by atoms with van der Waals surface area (Å²) in [6.07, 6.45) is 1.68. The average molecular weight is 424 g/mol. The van der Waals surface area contributed by atoms with Gasteiger partial charge in [0.25, 0.3) is 5.91 Å². The van der Waals surface area contributed by atoms with E-state index in [1.807, 2.05) is 66.7 Å². The van der Waals surface area contributed by atoms with Gasteiger partial charge in [0.05, 0.1) is 0 Å². The van der Waals surface area contributed by atoms with Crippen LogP contribution in [0, 0.1) is 0 Å². The number of nitrogens with one attached hydrogen (secondary N) is 1. The van der Waals surface area contributed by atoms with Gasteiger partial charge in [0.1, 0.15) is 5.75 Å². The Kier molecular flexibility index (Phi) is 6.77. The molecule has 1 heterocycles. The summed E-state index contributed by atoms with van der Waals surface area (Å²) >= 11 is 0. The molecule has 5 nitrogen and oxygen atoms in total. The van der Waals surface area contributed by atoms with Gasteiger partial charge in [0.2, 0.25) is 0 Å². The van der Waals surface area contributed by atoms with Crippen molar-refractivity contribution in [2.75, 3.05) is 25.1 Å². The van der Waals surface area contributed by atoms with Crippen LogP contribution in [0.25, 0.3) is 10.8 Å². The first-order chi connectivity index (χ1) is 14.7. The zero-order valence-corrected chi connectivity index (χ0v) is 17.5. The second kappa shape index (κ2) is 9.87. The fourth-order valence-corrected chi connectivity index (χ4v) is 5.03. The minimum atomic E-state index is -0.936. The summed E-state index contributed by atoms with van der Waals surface area (Å²) in [6, 6.07) is 21.3. The summed E-state index contributed by atoms with van der Waals surface area (Å²) in [6.45, 7) is 1.30. The molecule has 1 unspecified atom stereocenters. The lowest BCUT2D eigenvalue weighted by atomic mass is 10.1. The second-order valence-electron chi connectivity index (χ2n) is 7.38. The minimum absolute atomic E-state index is 0.0728. The highest BCUT2D eigenvalue weighted by molar-refractivity contribution is 7.84. The molecule has 1 aliphatic heterocycles. The molecule has 1 aliphatic rings. The predicted molar refractivity (Wildman–Crippen MR) is 120 cm³/mol. The van der Waals surface area contributed by atoms with Gasteiger partial charge in [-0.25, -0.2) is 0 Å². The maximum atomic E-state index is 12.6. The van der Waals surface area contributed by atoms with Crippen LogP contribution in [0.3, 0.4) is 0 Å². The number of amides is 1.